The van der Waals surface area contributed by atoms with E-state index in [0.717, 1.165) is 48.8 Å². The van der Waals surface area contributed by atoms with Gasteiger partial charge in [-0.2, -0.15) is 8.42 Å². The molecule has 0 unspecified atom stereocenters. The largest absolute Gasteiger partial charge is 0.303 e. The molecule has 0 spiro atoms. The summed E-state index contributed by atoms with van der Waals surface area (Å²) in [6.45, 7) is 3.11. The molecule has 4 nitrogen and oxygen atoms in total. The lowest BCUT2D eigenvalue weighted by Crippen LogP contribution is -2.46. The van der Waals surface area contributed by atoms with E-state index < -0.39 is 10.1 Å². The van der Waals surface area contributed by atoms with Crippen LogP contribution in [0.25, 0.3) is 10.8 Å². The zero-order valence-corrected chi connectivity index (χ0v) is 13.1. The van der Waals surface area contributed by atoms with E-state index >= 15 is 0 Å². The Kier molecular flexibility index (Phi) is 3.25. The molecule has 0 saturated carbocycles. The Balaban J connectivity index is 1.91. The van der Waals surface area contributed by atoms with Gasteiger partial charge in [-0.1, -0.05) is 24.3 Å². The SMILES string of the molecule is O=S(=O)(O)c1cc2ccccc2cc1[C@@H]1CN2CCC1CC2. The fourth-order valence-electron chi connectivity index (χ4n) is 4.07. The summed E-state index contributed by atoms with van der Waals surface area (Å²) >= 11 is 0. The van der Waals surface area contributed by atoms with Crippen molar-refractivity contribution in [3.8, 4) is 0 Å². The molecule has 0 amide bonds. The number of piperidine rings is 3. The van der Waals surface area contributed by atoms with Crippen LogP contribution in [0.2, 0.25) is 0 Å². The van der Waals surface area contributed by atoms with Crippen LogP contribution in [0.1, 0.15) is 24.3 Å². The van der Waals surface area contributed by atoms with Gasteiger partial charge >= 0.3 is 0 Å². The number of nitrogens with zero attached hydrogens (tertiary/aromatic N) is 1. The molecule has 2 bridgehead atoms. The van der Waals surface area contributed by atoms with Gasteiger partial charge in [0, 0.05) is 12.5 Å². The van der Waals surface area contributed by atoms with Crippen molar-refractivity contribution in [1.29, 1.82) is 0 Å². The lowest BCUT2D eigenvalue weighted by molar-refractivity contribution is 0.0860. The Morgan fingerprint density at radius 1 is 1.05 bits per heavy atom. The van der Waals surface area contributed by atoms with Gasteiger partial charge in [0.2, 0.25) is 0 Å². The normalized spacial score (nSPS) is 28.1. The minimum atomic E-state index is -4.21. The maximum absolute atomic E-state index is 11.9. The van der Waals surface area contributed by atoms with E-state index in [0.29, 0.717) is 5.92 Å². The number of hydrogen-bond donors (Lipinski definition) is 1. The third-order valence-corrected chi connectivity index (χ3v) is 6.12. The molecular weight excluding hydrogens is 298 g/mol. The quantitative estimate of drug-likeness (QED) is 0.865. The topological polar surface area (TPSA) is 57.6 Å². The minimum Gasteiger partial charge on any atom is -0.303 e. The highest BCUT2D eigenvalue weighted by Gasteiger charge is 2.37. The monoisotopic (exact) mass is 317 g/mol. The first kappa shape index (κ1) is 14.2. The summed E-state index contributed by atoms with van der Waals surface area (Å²) in [6.07, 6.45) is 2.23. The molecule has 22 heavy (non-hydrogen) atoms. The summed E-state index contributed by atoms with van der Waals surface area (Å²) in [5.41, 5.74) is 0.788. The highest BCUT2D eigenvalue weighted by atomic mass is 32.2. The average molecular weight is 317 g/mol. The molecule has 3 aliphatic rings. The van der Waals surface area contributed by atoms with Crippen LogP contribution in [0.5, 0.6) is 0 Å². The van der Waals surface area contributed by atoms with Crippen molar-refractivity contribution in [2.24, 2.45) is 5.92 Å². The maximum Gasteiger partial charge on any atom is 0.294 e. The first-order chi connectivity index (χ1) is 10.5. The molecule has 5 heteroatoms. The third-order valence-electron chi connectivity index (χ3n) is 5.21. The van der Waals surface area contributed by atoms with E-state index in [-0.39, 0.29) is 10.8 Å². The molecular formula is C17H19NO3S. The molecule has 2 aromatic rings. The molecule has 0 aliphatic carbocycles. The predicted octanol–water partition coefficient (Wildman–Crippen LogP) is 2.90. The first-order valence-corrected chi connectivity index (χ1v) is 9.19. The van der Waals surface area contributed by atoms with Gasteiger partial charge in [-0.25, -0.2) is 0 Å². The molecule has 5 rings (SSSR count). The Hall–Kier alpha value is -1.43. The number of benzene rings is 2. The first-order valence-electron chi connectivity index (χ1n) is 7.75. The van der Waals surface area contributed by atoms with Gasteiger partial charge in [-0.05, 0) is 60.3 Å². The lowest BCUT2D eigenvalue weighted by atomic mass is 9.75. The van der Waals surface area contributed by atoms with Crippen molar-refractivity contribution in [1.82, 2.24) is 4.90 Å². The summed E-state index contributed by atoms with van der Waals surface area (Å²) in [6, 6.07) is 11.3. The molecule has 116 valence electrons. The number of rotatable bonds is 2. The zero-order chi connectivity index (χ0) is 15.3. The smallest absolute Gasteiger partial charge is 0.294 e. The zero-order valence-electron chi connectivity index (χ0n) is 12.3. The standard InChI is InChI=1S/C17H19NO3S/c19-22(20,21)17-10-14-4-2-1-3-13(14)9-15(17)16-11-18-7-5-12(16)6-8-18/h1-4,9-10,12,16H,5-8,11H2,(H,19,20,21)/t16-/m1/s1. The van der Waals surface area contributed by atoms with Crippen molar-refractivity contribution in [2.45, 2.75) is 23.7 Å². The van der Waals surface area contributed by atoms with Crippen LogP contribution in [0.4, 0.5) is 0 Å². The maximum atomic E-state index is 11.9. The Labute approximate surface area is 130 Å². The highest BCUT2D eigenvalue weighted by Crippen LogP contribution is 2.42. The predicted molar refractivity (Wildman–Crippen MR) is 85.7 cm³/mol. The van der Waals surface area contributed by atoms with Gasteiger partial charge in [0.05, 0.1) is 4.90 Å². The second kappa shape index (κ2) is 5.05. The van der Waals surface area contributed by atoms with Crippen LogP contribution < -0.4 is 0 Å². The Bertz CT molecular complexity index is 823. The Morgan fingerprint density at radius 3 is 2.23 bits per heavy atom. The van der Waals surface area contributed by atoms with E-state index in [9.17, 15) is 13.0 Å². The average Bonchev–Trinajstić information content (AvgIpc) is 2.54. The molecule has 3 fully saturated rings. The van der Waals surface area contributed by atoms with Crippen LogP contribution in [0.15, 0.2) is 41.3 Å². The second-order valence-electron chi connectivity index (χ2n) is 6.46. The van der Waals surface area contributed by atoms with Crippen molar-refractivity contribution < 1.29 is 13.0 Å². The van der Waals surface area contributed by atoms with E-state index in [1.165, 1.54) is 0 Å². The Morgan fingerprint density at radius 2 is 1.68 bits per heavy atom. The van der Waals surface area contributed by atoms with Gasteiger partial charge in [-0.3, -0.25) is 4.55 Å². The van der Waals surface area contributed by atoms with Crippen LogP contribution in [0.3, 0.4) is 0 Å². The van der Waals surface area contributed by atoms with Crippen molar-refractivity contribution >= 4 is 20.9 Å². The fourth-order valence-corrected chi connectivity index (χ4v) is 4.85. The summed E-state index contributed by atoms with van der Waals surface area (Å²) in [7, 11) is -4.21. The summed E-state index contributed by atoms with van der Waals surface area (Å²) in [5.74, 6) is 0.718. The van der Waals surface area contributed by atoms with Crippen molar-refractivity contribution in [2.75, 3.05) is 19.6 Å². The fraction of sp³-hybridized carbons (Fsp3) is 0.412. The van der Waals surface area contributed by atoms with Crippen molar-refractivity contribution in [3.05, 3.63) is 42.0 Å². The van der Waals surface area contributed by atoms with Gasteiger partial charge in [0.15, 0.2) is 0 Å². The number of fused-ring (bicyclic) bond motifs is 4. The lowest BCUT2D eigenvalue weighted by Gasteiger charge is -2.45. The van der Waals surface area contributed by atoms with E-state index in [1.54, 1.807) is 6.07 Å². The van der Waals surface area contributed by atoms with Gasteiger partial charge in [0.1, 0.15) is 0 Å². The summed E-state index contributed by atoms with van der Waals surface area (Å²) < 4.78 is 33.5. The van der Waals surface area contributed by atoms with Crippen LogP contribution >= 0.6 is 0 Å². The van der Waals surface area contributed by atoms with Crippen LogP contribution in [-0.4, -0.2) is 37.5 Å². The van der Waals surface area contributed by atoms with E-state index in [2.05, 4.69) is 4.90 Å². The highest BCUT2D eigenvalue weighted by molar-refractivity contribution is 7.85. The molecule has 2 aromatic carbocycles. The molecule has 1 N–H and O–H groups in total. The molecule has 3 aliphatic heterocycles. The molecule has 3 heterocycles. The second-order valence-corrected chi connectivity index (χ2v) is 7.85. The third kappa shape index (κ3) is 2.33. The van der Waals surface area contributed by atoms with Gasteiger partial charge in [0.25, 0.3) is 10.1 Å². The minimum absolute atomic E-state index is 0.0879. The molecule has 1 atom stereocenters. The van der Waals surface area contributed by atoms with Gasteiger partial charge in [-0.15, -0.1) is 0 Å². The van der Waals surface area contributed by atoms with E-state index in [4.69, 9.17) is 0 Å². The van der Waals surface area contributed by atoms with Gasteiger partial charge < -0.3 is 4.90 Å². The summed E-state index contributed by atoms with van der Waals surface area (Å²) in [4.78, 5) is 2.48. The van der Waals surface area contributed by atoms with E-state index in [1.807, 2.05) is 30.3 Å². The van der Waals surface area contributed by atoms with Crippen LogP contribution in [-0.2, 0) is 10.1 Å². The molecule has 3 saturated heterocycles. The summed E-state index contributed by atoms with van der Waals surface area (Å²) in [5, 5.41) is 1.88. The molecule has 0 aromatic heterocycles. The van der Waals surface area contributed by atoms with Crippen LogP contribution in [0, 0.1) is 5.92 Å². The van der Waals surface area contributed by atoms with Crippen molar-refractivity contribution in [3.63, 3.8) is 0 Å². The number of hydrogen-bond acceptors (Lipinski definition) is 3. The molecule has 0 radical (unpaired) electrons.